The van der Waals surface area contributed by atoms with Crippen LogP contribution in [0.2, 0.25) is 0 Å². The number of halogens is 2. The quantitative estimate of drug-likeness (QED) is 0.175. The van der Waals surface area contributed by atoms with E-state index in [-0.39, 0.29) is 16.9 Å². The first-order chi connectivity index (χ1) is 15.9. The first-order valence-electron chi connectivity index (χ1n) is 10.8. The van der Waals surface area contributed by atoms with Crippen molar-refractivity contribution in [2.45, 2.75) is 46.6 Å². The molecule has 0 saturated carbocycles. The van der Waals surface area contributed by atoms with E-state index in [2.05, 4.69) is 36.9 Å². The summed E-state index contributed by atoms with van der Waals surface area (Å²) in [6.45, 7) is 7.44. The van der Waals surface area contributed by atoms with Crippen molar-refractivity contribution >= 4 is 34.3 Å². The van der Waals surface area contributed by atoms with Gasteiger partial charge in [-0.1, -0.05) is 39.1 Å². The summed E-state index contributed by atoms with van der Waals surface area (Å²) in [4.78, 5) is 0.309. The molecule has 1 aromatic heterocycles. The fourth-order valence-corrected chi connectivity index (χ4v) is 3.91. The topological polar surface area (TPSA) is 45.4 Å². The van der Waals surface area contributed by atoms with Gasteiger partial charge >= 0.3 is 6.61 Å². The van der Waals surface area contributed by atoms with Crippen molar-refractivity contribution in [3.8, 4) is 5.75 Å². The average Bonchev–Trinajstić information content (AvgIpc) is 2.73. The van der Waals surface area contributed by atoms with Gasteiger partial charge in [0.05, 0.1) is 0 Å². The number of thiocarbonyl (C=S) groups is 1. The minimum atomic E-state index is -2.92. The zero-order valence-corrected chi connectivity index (χ0v) is 20.7. The lowest BCUT2D eigenvalue weighted by molar-refractivity contribution is -0.575. The van der Waals surface area contributed by atoms with Crippen molar-refractivity contribution in [3.05, 3.63) is 89.2 Å². The number of pyridine rings is 1. The van der Waals surface area contributed by atoms with Crippen LogP contribution in [0.1, 0.15) is 43.0 Å². The Morgan fingerprint density at radius 2 is 1.53 bits per heavy atom. The summed E-state index contributed by atoms with van der Waals surface area (Å²) in [6, 6.07) is 15.7. The molecule has 0 spiro atoms. The lowest BCUT2D eigenvalue weighted by Crippen LogP contribution is -2.39. The number of anilines is 1. The van der Waals surface area contributed by atoms with Crippen LogP contribution in [0, 0.1) is 13.8 Å². The molecular weight excluding hydrogens is 454 g/mol. The van der Waals surface area contributed by atoms with E-state index < -0.39 is 6.61 Å². The summed E-state index contributed by atoms with van der Waals surface area (Å²) in [5.74, 6) is -0.0924. The Balaban J connectivity index is 2.06. The van der Waals surface area contributed by atoms with Crippen molar-refractivity contribution in [3.63, 3.8) is 0 Å². The molecule has 0 saturated heterocycles. The molecule has 0 atom stereocenters. The lowest BCUT2D eigenvalue weighted by Gasteiger charge is -2.18. The number of aliphatic hydroxyl groups is 1. The monoisotopic (exact) mass is 483 g/mol. The molecule has 0 aliphatic carbocycles. The SMILES string of the molecule is Cc1cc(C)cc(NC(=S)/C(=C(\O)c2ccc(OC(F)F)cc2)[n+]2ccc(C(C)(C)C)cc2)c1. The number of benzene rings is 2. The number of nitrogens with zero attached hydrogens (tertiary/aromatic N) is 1. The molecule has 2 aromatic carbocycles. The number of aromatic nitrogens is 1. The van der Waals surface area contributed by atoms with Crippen LogP contribution < -0.4 is 14.6 Å². The Morgan fingerprint density at radius 1 is 0.971 bits per heavy atom. The molecule has 3 rings (SSSR count). The molecule has 1 heterocycles. The van der Waals surface area contributed by atoms with E-state index in [0.29, 0.717) is 16.2 Å². The molecule has 4 nitrogen and oxygen atoms in total. The van der Waals surface area contributed by atoms with Gasteiger partial charge in [0.15, 0.2) is 23.1 Å². The van der Waals surface area contributed by atoms with E-state index in [1.54, 1.807) is 4.57 Å². The maximum Gasteiger partial charge on any atom is 0.387 e. The van der Waals surface area contributed by atoms with Crippen LogP contribution in [0.25, 0.3) is 11.5 Å². The van der Waals surface area contributed by atoms with Crippen LogP contribution in [-0.2, 0) is 5.41 Å². The molecule has 0 radical (unpaired) electrons. The number of aryl methyl sites for hydroxylation is 2. The number of rotatable bonds is 6. The van der Waals surface area contributed by atoms with Crippen LogP contribution in [0.5, 0.6) is 5.75 Å². The Labute approximate surface area is 204 Å². The number of hydrogen-bond donors (Lipinski definition) is 2. The third kappa shape index (κ3) is 6.38. The zero-order valence-electron chi connectivity index (χ0n) is 19.9. The molecule has 0 aliphatic heterocycles. The highest BCUT2D eigenvalue weighted by Crippen LogP contribution is 2.24. The van der Waals surface area contributed by atoms with Crippen molar-refractivity contribution in [2.24, 2.45) is 0 Å². The van der Waals surface area contributed by atoms with E-state index in [9.17, 15) is 13.9 Å². The largest absolute Gasteiger partial charge is 0.502 e. The molecule has 34 heavy (non-hydrogen) atoms. The van der Waals surface area contributed by atoms with Gasteiger partial charge in [-0.05, 0) is 72.4 Å². The number of hydrogen-bond acceptors (Lipinski definition) is 3. The predicted molar refractivity (Wildman–Crippen MR) is 136 cm³/mol. The first-order valence-corrected chi connectivity index (χ1v) is 11.2. The third-order valence-electron chi connectivity index (χ3n) is 5.23. The summed E-state index contributed by atoms with van der Waals surface area (Å²) < 4.78 is 31.2. The van der Waals surface area contributed by atoms with Gasteiger partial charge < -0.3 is 15.2 Å². The van der Waals surface area contributed by atoms with Crippen LogP contribution in [-0.4, -0.2) is 16.7 Å². The highest BCUT2D eigenvalue weighted by molar-refractivity contribution is 7.81. The average molecular weight is 484 g/mol. The second kappa shape index (κ2) is 10.3. The van der Waals surface area contributed by atoms with Gasteiger partial charge in [0.25, 0.3) is 5.70 Å². The van der Waals surface area contributed by atoms with Gasteiger partial charge in [-0.2, -0.15) is 13.3 Å². The second-order valence-electron chi connectivity index (χ2n) is 9.17. The van der Waals surface area contributed by atoms with Crippen molar-refractivity contribution < 1.29 is 23.2 Å². The zero-order chi connectivity index (χ0) is 25.0. The summed E-state index contributed by atoms with van der Waals surface area (Å²) in [7, 11) is 0. The first kappa shape index (κ1) is 25.3. The van der Waals surface area contributed by atoms with Crippen LogP contribution in [0.3, 0.4) is 0 Å². The van der Waals surface area contributed by atoms with Gasteiger partial charge in [0.2, 0.25) is 0 Å². The fraction of sp³-hybridized carbons (Fsp3) is 0.259. The number of ether oxygens (including phenoxy) is 1. The minimum Gasteiger partial charge on any atom is -0.502 e. The molecule has 0 aliphatic rings. The molecule has 7 heteroatoms. The molecule has 178 valence electrons. The van der Waals surface area contributed by atoms with E-state index in [1.807, 2.05) is 50.5 Å². The molecule has 0 unspecified atom stereocenters. The predicted octanol–water partition coefficient (Wildman–Crippen LogP) is 6.81. The number of nitrogens with one attached hydrogen (secondary N) is 1. The van der Waals surface area contributed by atoms with Gasteiger partial charge in [-0.25, -0.2) is 0 Å². The van der Waals surface area contributed by atoms with E-state index in [4.69, 9.17) is 12.2 Å². The minimum absolute atomic E-state index is 0.00576. The standard InChI is InChI=1S/C27H28F2N2O2S/c1-17-14-18(2)16-21(15-17)30-25(34)23(31-12-10-20(11-13-31)27(3,4)5)24(32)19-6-8-22(9-7-19)33-26(28)29/h6-16,26H,1-5H3,(H-,30,32,34)/p+1. The number of alkyl halides is 2. The molecule has 0 fully saturated rings. The highest BCUT2D eigenvalue weighted by atomic mass is 32.1. The molecule has 2 N–H and O–H groups in total. The maximum absolute atomic E-state index is 12.5. The fourth-order valence-electron chi connectivity index (χ4n) is 3.59. The van der Waals surface area contributed by atoms with Gasteiger partial charge in [-0.15, -0.1) is 0 Å². The Hall–Kier alpha value is -3.32. The molecular formula is C27H29F2N2O2S+. The molecule has 0 amide bonds. The molecule has 0 bridgehead atoms. The Bertz CT molecular complexity index is 1180. The third-order valence-corrected chi connectivity index (χ3v) is 5.52. The highest BCUT2D eigenvalue weighted by Gasteiger charge is 2.25. The van der Waals surface area contributed by atoms with E-state index in [0.717, 1.165) is 22.4 Å². The summed E-state index contributed by atoms with van der Waals surface area (Å²) in [5.41, 5.74) is 4.83. The molecule has 3 aromatic rings. The maximum atomic E-state index is 12.5. The normalized spacial score (nSPS) is 12.4. The lowest BCUT2D eigenvalue weighted by atomic mass is 9.88. The van der Waals surface area contributed by atoms with Gasteiger partial charge in [0, 0.05) is 23.4 Å². The van der Waals surface area contributed by atoms with Crippen molar-refractivity contribution in [2.75, 3.05) is 5.32 Å². The van der Waals surface area contributed by atoms with E-state index >= 15 is 0 Å². The van der Waals surface area contributed by atoms with Gasteiger partial charge in [0.1, 0.15) is 5.75 Å². The van der Waals surface area contributed by atoms with Gasteiger partial charge in [-0.3, -0.25) is 0 Å². The van der Waals surface area contributed by atoms with Crippen LogP contribution >= 0.6 is 12.2 Å². The van der Waals surface area contributed by atoms with Crippen molar-refractivity contribution in [1.82, 2.24) is 0 Å². The second-order valence-corrected chi connectivity index (χ2v) is 9.58. The van der Waals surface area contributed by atoms with Crippen LogP contribution in [0.15, 0.2) is 67.0 Å². The van der Waals surface area contributed by atoms with Crippen LogP contribution in [0.4, 0.5) is 14.5 Å². The van der Waals surface area contributed by atoms with E-state index in [1.165, 1.54) is 24.3 Å². The Morgan fingerprint density at radius 3 is 2.03 bits per heavy atom. The summed E-state index contributed by atoms with van der Waals surface area (Å²) in [5, 5.41) is 14.5. The Kier molecular flexibility index (Phi) is 7.67. The summed E-state index contributed by atoms with van der Waals surface area (Å²) >= 11 is 5.72. The van der Waals surface area contributed by atoms with Crippen molar-refractivity contribution in [1.29, 1.82) is 0 Å². The smallest absolute Gasteiger partial charge is 0.387 e. The summed E-state index contributed by atoms with van der Waals surface area (Å²) in [6.07, 6.45) is 3.69. The number of aliphatic hydroxyl groups excluding tert-OH is 1.